The fourth-order valence-corrected chi connectivity index (χ4v) is 4.47. The third-order valence-corrected chi connectivity index (χ3v) is 6.59. The van der Waals surface area contributed by atoms with E-state index in [1.165, 1.54) is 10.1 Å². The largest absolute Gasteiger partial charge is 0.142 e. The molecule has 0 bridgehead atoms. The summed E-state index contributed by atoms with van der Waals surface area (Å²) < 4.78 is 0. The van der Waals surface area contributed by atoms with Crippen LogP contribution in [-0.4, -0.2) is 21.2 Å². The second-order valence-corrected chi connectivity index (χ2v) is 11.0. The smallest absolute Gasteiger partial charge is 0.0661 e. The molecule has 32 heavy (non-hydrogen) atoms. The molecular weight excluding hydrogens is 396 g/mol. The Bertz CT molecular complexity index is 733. The van der Waals surface area contributed by atoms with Gasteiger partial charge in [0, 0.05) is 11.1 Å². The highest BCUT2D eigenvalue weighted by molar-refractivity contribution is 5.21. The molecule has 0 N–H and O–H groups in total. The van der Waals surface area contributed by atoms with Gasteiger partial charge < -0.3 is 0 Å². The van der Waals surface area contributed by atoms with Crippen LogP contribution in [0.5, 0.6) is 0 Å². The number of hydroxylamine groups is 4. The Hall–Kier alpha value is -1.72. The van der Waals surface area contributed by atoms with Gasteiger partial charge in [0.2, 0.25) is 0 Å². The van der Waals surface area contributed by atoms with Gasteiger partial charge in [-0.15, -0.1) is 20.5 Å². The van der Waals surface area contributed by atoms with Crippen LogP contribution in [0, 0.1) is 11.8 Å². The van der Waals surface area contributed by atoms with Crippen molar-refractivity contribution in [1.29, 1.82) is 0 Å². The van der Waals surface area contributed by atoms with Crippen molar-refractivity contribution in [2.75, 3.05) is 0 Å². The Labute approximate surface area is 195 Å². The molecular formula is C28H42N2O2. The van der Waals surface area contributed by atoms with Gasteiger partial charge in [0.25, 0.3) is 0 Å². The predicted octanol–water partition coefficient (Wildman–Crippen LogP) is 7.41. The highest BCUT2D eigenvalue weighted by Crippen LogP contribution is 2.39. The van der Waals surface area contributed by atoms with Crippen LogP contribution in [-0.2, 0) is 10.4 Å². The molecule has 4 nitrogen and oxygen atoms in total. The van der Waals surface area contributed by atoms with Crippen LogP contribution in [0.3, 0.4) is 0 Å². The van der Waals surface area contributed by atoms with E-state index in [2.05, 4.69) is 27.7 Å². The molecule has 0 fully saturated rings. The second-order valence-electron chi connectivity index (χ2n) is 11.0. The molecule has 0 amide bonds. The molecule has 4 heteroatoms. The van der Waals surface area contributed by atoms with Crippen molar-refractivity contribution >= 4 is 0 Å². The molecule has 0 aromatic heterocycles. The maximum absolute atomic E-state index is 13.6. The average molecular weight is 439 g/mol. The first-order chi connectivity index (χ1) is 14.9. The predicted molar refractivity (Wildman–Crippen MR) is 130 cm³/mol. The van der Waals surface area contributed by atoms with E-state index in [0.717, 1.165) is 11.1 Å². The molecule has 2 aromatic carbocycles. The van der Waals surface area contributed by atoms with Crippen LogP contribution in [0.25, 0.3) is 0 Å². The molecule has 2 atom stereocenters. The molecule has 2 rings (SSSR count). The molecule has 2 aromatic rings. The molecule has 0 aliphatic heterocycles. The van der Waals surface area contributed by atoms with Crippen LogP contribution >= 0.6 is 0 Å². The summed E-state index contributed by atoms with van der Waals surface area (Å²) in [5.41, 5.74) is 0.893. The lowest BCUT2D eigenvalue weighted by Crippen LogP contribution is -2.49. The fourth-order valence-electron chi connectivity index (χ4n) is 4.47. The minimum absolute atomic E-state index is 0.182. The highest BCUT2D eigenvalue weighted by atomic mass is 16.5. The van der Waals surface area contributed by atoms with Crippen molar-refractivity contribution in [3.05, 3.63) is 71.8 Å². The molecule has 0 saturated heterocycles. The van der Waals surface area contributed by atoms with Crippen molar-refractivity contribution in [2.45, 2.75) is 91.4 Å². The number of rotatable bonds is 11. The minimum atomic E-state index is -0.594. The standard InChI is InChI=1S/C28H42N2O2/c1-21(2)25(23-15-11-9-12-16-23)29(31)27(5,6)19-20-28(7,8)30(32)26(22(3)4)24-17-13-10-14-18-24/h9-18,21-22,25-26H,19-20H2,1-8H3. The number of benzene rings is 2. The zero-order valence-electron chi connectivity index (χ0n) is 21.2. The van der Waals surface area contributed by atoms with E-state index in [0.29, 0.717) is 12.8 Å². The van der Waals surface area contributed by atoms with Gasteiger partial charge in [-0.1, -0.05) is 88.4 Å². The van der Waals surface area contributed by atoms with Gasteiger partial charge >= 0.3 is 0 Å². The Morgan fingerprint density at radius 3 is 1.12 bits per heavy atom. The first-order valence-corrected chi connectivity index (χ1v) is 11.9. The van der Waals surface area contributed by atoms with E-state index in [1.807, 2.05) is 88.4 Å². The SMILES string of the molecule is CC(C)C(c1ccccc1)N([O])C(C)(C)CCC(C)(C)N([O])C(c1ccccc1)C(C)C. The normalized spacial score (nSPS) is 15.1. The first-order valence-electron chi connectivity index (χ1n) is 11.9. The van der Waals surface area contributed by atoms with Gasteiger partial charge in [0.15, 0.2) is 0 Å². The van der Waals surface area contributed by atoms with Crippen LogP contribution in [0.15, 0.2) is 60.7 Å². The lowest BCUT2D eigenvalue weighted by molar-refractivity contribution is -0.271. The third kappa shape index (κ3) is 6.41. The Morgan fingerprint density at radius 1 is 0.594 bits per heavy atom. The van der Waals surface area contributed by atoms with E-state index >= 15 is 0 Å². The van der Waals surface area contributed by atoms with Gasteiger partial charge in [-0.05, 0) is 63.5 Å². The number of hydrogen-bond acceptors (Lipinski definition) is 2. The molecule has 0 saturated carbocycles. The summed E-state index contributed by atoms with van der Waals surface area (Å²) in [4.78, 5) is 0. The molecule has 176 valence electrons. The molecule has 0 heterocycles. The lowest BCUT2D eigenvalue weighted by Gasteiger charge is -2.43. The monoisotopic (exact) mass is 438 g/mol. The highest BCUT2D eigenvalue weighted by Gasteiger charge is 2.40. The first kappa shape index (κ1) is 26.5. The van der Waals surface area contributed by atoms with Crippen LogP contribution in [0.4, 0.5) is 0 Å². The van der Waals surface area contributed by atoms with Crippen molar-refractivity contribution < 1.29 is 10.4 Å². The van der Waals surface area contributed by atoms with Gasteiger partial charge in [0.05, 0.1) is 12.1 Å². The van der Waals surface area contributed by atoms with Crippen molar-refractivity contribution in [2.24, 2.45) is 11.8 Å². The second kappa shape index (κ2) is 10.9. The van der Waals surface area contributed by atoms with E-state index in [1.54, 1.807) is 0 Å². The summed E-state index contributed by atoms with van der Waals surface area (Å²) in [5, 5.41) is 29.7. The molecule has 2 radical (unpaired) electrons. The summed E-state index contributed by atoms with van der Waals surface area (Å²) in [6, 6.07) is 19.6. The topological polar surface area (TPSA) is 46.3 Å². The maximum atomic E-state index is 13.6. The summed E-state index contributed by atoms with van der Waals surface area (Å²) in [6.45, 7) is 16.4. The van der Waals surface area contributed by atoms with Crippen LogP contribution in [0.1, 0.15) is 91.4 Å². The zero-order valence-corrected chi connectivity index (χ0v) is 21.2. The van der Waals surface area contributed by atoms with Crippen molar-refractivity contribution in [3.8, 4) is 0 Å². The van der Waals surface area contributed by atoms with E-state index in [-0.39, 0.29) is 23.9 Å². The van der Waals surface area contributed by atoms with E-state index in [4.69, 9.17) is 0 Å². The minimum Gasteiger partial charge on any atom is -0.142 e. The summed E-state index contributed by atoms with van der Waals surface area (Å²) in [6.07, 6.45) is 1.27. The fraction of sp³-hybridized carbons (Fsp3) is 0.571. The number of nitrogens with zero attached hydrogens (tertiary/aromatic N) is 2. The van der Waals surface area contributed by atoms with Gasteiger partial charge in [-0.25, -0.2) is 0 Å². The average Bonchev–Trinajstić information content (AvgIpc) is 2.73. The Balaban J connectivity index is 2.18. The molecule has 2 unspecified atom stereocenters. The summed E-state index contributed by atoms with van der Waals surface area (Å²) in [7, 11) is 0. The van der Waals surface area contributed by atoms with Gasteiger partial charge in [0.1, 0.15) is 0 Å². The molecule has 0 aliphatic carbocycles. The Morgan fingerprint density at radius 2 is 0.875 bits per heavy atom. The van der Waals surface area contributed by atoms with Gasteiger partial charge in [-0.3, -0.25) is 0 Å². The van der Waals surface area contributed by atoms with Gasteiger partial charge in [-0.2, -0.15) is 0 Å². The lowest BCUT2D eigenvalue weighted by atomic mass is 9.84. The van der Waals surface area contributed by atoms with E-state index < -0.39 is 11.1 Å². The summed E-state index contributed by atoms with van der Waals surface area (Å²) >= 11 is 0. The molecule has 0 aliphatic rings. The molecule has 0 spiro atoms. The maximum Gasteiger partial charge on any atom is 0.0661 e. The van der Waals surface area contributed by atoms with Crippen LogP contribution in [0.2, 0.25) is 0 Å². The zero-order chi connectivity index (χ0) is 24.1. The quantitative estimate of drug-likeness (QED) is 0.343. The van der Waals surface area contributed by atoms with Crippen molar-refractivity contribution in [1.82, 2.24) is 10.1 Å². The van der Waals surface area contributed by atoms with Crippen LogP contribution < -0.4 is 0 Å². The Kier molecular flexibility index (Phi) is 9.06. The van der Waals surface area contributed by atoms with E-state index in [9.17, 15) is 10.4 Å². The number of hydrogen-bond donors (Lipinski definition) is 0. The third-order valence-electron chi connectivity index (χ3n) is 6.59. The summed E-state index contributed by atoms with van der Waals surface area (Å²) in [5.74, 6) is 0.364. The van der Waals surface area contributed by atoms with Crippen molar-refractivity contribution in [3.63, 3.8) is 0 Å².